The van der Waals surface area contributed by atoms with E-state index in [4.69, 9.17) is 0 Å². The van der Waals surface area contributed by atoms with Crippen LogP contribution < -0.4 is 5.56 Å². The molecule has 0 unspecified atom stereocenters. The van der Waals surface area contributed by atoms with Crippen LogP contribution in [0.15, 0.2) is 88.9 Å². The molecule has 0 radical (unpaired) electrons. The third-order valence-corrected chi connectivity index (χ3v) is 8.83. The molecule has 1 N–H and O–H groups in total. The Morgan fingerprint density at radius 1 is 0.867 bits per heavy atom. The van der Waals surface area contributed by atoms with Crippen molar-refractivity contribution >= 4 is 17.7 Å². The van der Waals surface area contributed by atoms with Crippen LogP contribution in [0.1, 0.15) is 50.7 Å². The van der Waals surface area contributed by atoms with Gasteiger partial charge in [-0.15, -0.1) is 0 Å². The number of carbonyl (C=O) groups is 1. The molecule has 7 nitrogen and oxygen atoms in total. The van der Waals surface area contributed by atoms with E-state index < -0.39 is 17.7 Å². The zero-order valence-corrected chi connectivity index (χ0v) is 24.5. The lowest BCUT2D eigenvalue weighted by Gasteiger charge is -2.18. The number of carboxylic acids is 1. The zero-order valence-electron chi connectivity index (χ0n) is 23.7. The topological polar surface area (TPSA) is 90.0 Å². The predicted octanol–water partition coefficient (Wildman–Crippen LogP) is 6.84. The summed E-state index contributed by atoms with van der Waals surface area (Å²) < 4.78 is 55.8. The highest BCUT2D eigenvalue weighted by atomic mass is 32.2. The van der Waals surface area contributed by atoms with Gasteiger partial charge in [0.15, 0.2) is 5.16 Å². The summed E-state index contributed by atoms with van der Waals surface area (Å²) in [6, 6.07) is 18.1. The second-order valence-electron chi connectivity index (χ2n) is 10.7. The Bertz CT molecular complexity index is 1920. The third-order valence-electron chi connectivity index (χ3n) is 7.78. The first-order chi connectivity index (χ1) is 21.6. The molecule has 0 saturated heterocycles. The second kappa shape index (κ2) is 12.4. The van der Waals surface area contributed by atoms with Crippen LogP contribution in [0.4, 0.5) is 17.6 Å². The molecule has 45 heavy (non-hydrogen) atoms. The van der Waals surface area contributed by atoms with Crippen LogP contribution in [0.2, 0.25) is 0 Å². The Hall–Kier alpha value is -4.71. The van der Waals surface area contributed by atoms with Crippen LogP contribution in [-0.2, 0) is 37.9 Å². The van der Waals surface area contributed by atoms with Gasteiger partial charge in [-0.25, -0.2) is 14.2 Å². The van der Waals surface area contributed by atoms with Crippen molar-refractivity contribution in [1.29, 1.82) is 0 Å². The van der Waals surface area contributed by atoms with Crippen LogP contribution in [0.3, 0.4) is 0 Å². The summed E-state index contributed by atoms with van der Waals surface area (Å²) in [7, 11) is 0. The molecule has 0 spiro atoms. The number of hydrogen-bond acceptors (Lipinski definition) is 5. The summed E-state index contributed by atoms with van der Waals surface area (Å²) in [5.74, 6) is -0.579. The summed E-state index contributed by atoms with van der Waals surface area (Å²) in [5.41, 5.74) is 3.45. The number of halogens is 4. The molecule has 5 aromatic rings. The first-order valence-electron chi connectivity index (χ1n) is 14.1. The predicted molar refractivity (Wildman–Crippen MR) is 161 cm³/mol. The van der Waals surface area contributed by atoms with Crippen molar-refractivity contribution in [2.75, 3.05) is 0 Å². The van der Waals surface area contributed by atoms with E-state index in [9.17, 15) is 32.3 Å². The number of alkyl halides is 3. The van der Waals surface area contributed by atoms with Crippen LogP contribution in [-0.4, -0.2) is 30.2 Å². The van der Waals surface area contributed by atoms with E-state index in [1.807, 2.05) is 4.57 Å². The highest BCUT2D eigenvalue weighted by molar-refractivity contribution is 7.98. The molecule has 0 amide bonds. The number of aromatic nitrogens is 4. The van der Waals surface area contributed by atoms with Crippen molar-refractivity contribution in [3.63, 3.8) is 0 Å². The molecular formula is C33H26F4N4O3S. The number of thioether (sulfide) groups is 1. The molecule has 6 rings (SSSR count). The lowest BCUT2D eigenvalue weighted by Crippen LogP contribution is -2.23. The normalized spacial score (nSPS) is 12.8. The van der Waals surface area contributed by atoms with Crippen molar-refractivity contribution in [1.82, 2.24) is 19.1 Å². The molecule has 0 fully saturated rings. The molecule has 2 aromatic heterocycles. The van der Waals surface area contributed by atoms with Crippen LogP contribution in [0.25, 0.3) is 11.1 Å². The first-order valence-corrected chi connectivity index (χ1v) is 15.1. The Kier molecular flexibility index (Phi) is 8.32. The zero-order chi connectivity index (χ0) is 31.7. The largest absolute Gasteiger partial charge is 0.477 e. The van der Waals surface area contributed by atoms with Gasteiger partial charge in [-0.1, -0.05) is 60.3 Å². The lowest BCUT2D eigenvalue weighted by atomic mass is 10.0. The Morgan fingerprint density at radius 3 is 2.16 bits per heavy atom. The number of aromatic carboxylic acids is 1. The van der Waals surface area contributed by atoms with Gasteiger partial charge < -0.3 is 14.2 Å². The first kappa shape index (κ1) is 30.3. The van der Waals surface area contributed by atoms with Gasteiger partial charge in [-0.05, 0) is 65.8 Å². The molecule has 0 aliphatic heterocycles. The van der Waals surface area contributed by atoms with E-state index in [0.29, 0.717) is 40.7 Å². The quantitative estimate of drug-likeness (QED) is 0.109. The number of fused-ring (bicyclic) bond motifs is 1. The molecule has 1 aliphatic carbocycles. The van der Waals surface area contributed by atoms with Crippen LogP contribution in [0, 0.1) is 5.82 Å². The van der Waals surface area contributed by atoms with Gasteiger partial charge in [-0.3, -0.25) is 4.79 Å². The maximum Gasteiger partial charge on any atom is 0.416 e. The lowest BCUT2D eigenvalue weighted by molar-refractivity contribution is -0.137. The minimum absolute atomic E-state index is 0.0111. The average molecular weight is 635 g/mol. The molecular weight excluding hydrogens is 608 g/mol. The fourth-order valence-corrected chi connectivity index (χ4v) is 6.42. The monoisotopic (exact) mass is 634 g/mol. The Morgan fingerprint density at radius 2 is 1.51 bits per heavy atom. The van der Waals surface area contributed by atoms with Gasteiger partial charge in [0, 0.05) is 23.6 Å². The van der Waals surface area contributed by atoms with Gasteiger partial charge in [-0.2, -0.15) is 18.2 Å². The highest BCUT2D eigenvalue weighted by Crippen LogP contribution is 2.31. The number of rotatable bonds is 9. The van der Waals surface area contributed by atoms with Gasteiger partial charge in [0.05, 0.1) is 18.3 Å². The summed E-state index contributed by atoms with van der Waals surface area (Å²) >= 11 is 1.34. The maximum absolute atomic E-state index is 13.4. The maximum atomic E-state index is 13.4. The van der Waals surface area contributed by atoms with E-state index in [1.165, 1.54) is 42.2 Å². The fourth-order valence-electron chi connectivity index (χ4n) is 5.45. The van der Waals surface area contributed by atoms with E-state index in [2.05, 4.69) is 9.97 Å². The van der Waals surface area contributed by atoms with E-state index in [1.54, 1.807) is 41.0 Å². The molecule has 1 aliphatic rings. The number of imidazole rings is 1. The minimum atomic E-state index is -4.42. The summed E-state index contributed by atoms with van der Waals surface area (Å²) in [4.78, 5) is 33.8. The standard InChI is InChI=1S/C33H26F4N4O3S/c34-25-14-6-21(7-15-25)19-45-32-39-30(42)26-2-1-3-27(26)41(32)18-29-38-16-28(31(43)44)40(29)17-20-4-8-22(9-5-20)23-10-12-24(13-11-23)33(35,36)37/h4-16H,1-3,17-19H2,(H,43,44). The molecule has 0 bridgehead atoms. The second-order valence-corrected chi connectivity index (χ2v) is 11.6. The van der Waals surface area contributed by atoms with Gasteiger partial charge >= 0.3 is 12.1 Å². The van der Waals surface area contributed by atoms with E-state index in [-0.39, 0.29) is 30.2 Å². The number of benzene rings is 3. The molecule has 0 atom stereocenters. The molecule has 12 heteroatoms. The Balaban J connectivity index is 1.29. The average Bonchev–Trinajstić information content (AvgIpc) is 3.67. The van der Waals surface area contributed by atoms with Gasteiger partial charge in [0.1, 0.15) is 17.3 Å². The minimum Gasteiger partial charge on any atom is -0.477 e. The van der Waals surface area contributed by atoms with Crippen molar-refractivity contribution in [3.05, 3.63) is 135 Å². The van der Waals surface area contributed by atoms with Gasteiger partial charge in [0.2, 0.25) is 0 Å². The van der Waals surface area contributed by atoms with Crippen molar-refractivity contribution in [2.45, 2.75) is 49.4 Å². The summed E-state index contributed by atoms with van der Waals surface area (Å²) in [6.07, 6.45) is -1.02. The summed E-state index contributed by atoms with van der Waals surface area (Å²) in [5, 5.41) is 10.4. The number of hydrogen-bond donors (Lipinski definition) is 1. The summed E-state index contributed by atoms with van der Waals surface area (Å²) in [6.45, 7) is 0.358. The molecule has 230 valence electrons. The smallest absolute Gasteiger partial charge is 0.416 e. The number of nitrogens with zero attached hydrogens (tertiary/aromatic N) is 4. The van der Waals surface area contributed by atoms with E-state index in [0.717, 1.165) is 40.9 Å². The van der Waals surface area contributed by atoms with Crippen LogP contribution >= 0.6 is 11.8 Å². The van der Waals surface area contributed by atoms with E-state index >= 15 is 0 Å². The molecule has 0 saturated carbocycles. The molecule has 3 aromatic carbocycles. The SMILES string of the molecule is O=C(O)c1cnc(Cn2c(SCc3ccc(F)cc3)nc(=O)c3c2CCC3)n1Cc1ccc(-c2ccc(C(F)(F)F)cc2)cc1. The molecule has 2 heterocycles. The Labute approximate surface area is 259 Å². The van der Waals surface area contributed by atoms with Crippen molar-refractivity contribution < 1.29 is 27.5 Å². The van der Waals surface area contributed by atoms with Crippen molar-refractivity contribution in [2.24, 2.45) is 0 Å². The number of carboxylic acid groups (broad SMARTS) is 1. The fraction of sp³-hybridized carbons (Fsp3) is 0.212. The van der Waals surface area contributed by atoms with Gasteiger partial charge in [0.25, 0.3) is 5.56 Å². The highest BCUT2D eigenvalue weighted by Gasteiger charge is 2.30. The third kappa shape index (κ3) is 6.56. The van der Waals surface area contributed by atoms with Crippen LogP contribution in [0.5, 0.6) is 0 Å². The van der Waals surface area contributed by atoms with Crippen molar-refractivity contribution in [3.8, 4) is 11.1 Å².